The summed E-state index contributed by atoms with van der Waals surface area (Å²) in [6.45, 7) is 5.01. The van der Waals surface area contributed by atoms with Gasteiger partial charge in [-0.3, -0.25) is 9.89 Å². The molecule has 2 rings (SSSR count). The van der Waals surface area contributed by atoms with Crippen molar-refractivity contribution in [2.24, 2.45) is 4.99 Å². The Morgan fingerprint density at radius 3 is 2.70 bits per heavy atom. The fraction of sp³-hybridized carbons (Fsp3) is 0.650. The van der Waals surface area contributed by atoms with Gasteiger partial charge in [0.05, 0.1) is 13.2 Å². The monoisotopic (exact) mass is 544 g/mol. The predicted octanol–water partition coefficient (Wildman–Crippen LogP) is 3.58. The summed E-state index contributed by atoms with van der Waals surface area (Å²) in [6.07, 6.45) is -2.57. The molecule has 1 unspecified atom stereocenters. The van der Waals surface area contributed by atoms with Gasteiger partial charge in [0.15, 0.2) is 5.96 Å². The Morgan fingerprint density at radius 2 is 2.07 bits per heavy atom. The Morgan fingerprint density at radius 1 is 1.33 bits per heavy atom. The van der Waals surface area contributed by atoms with Crippen molar-refractivity contribution in [1.82, 2.24) is 15.5 Å². The molecule has 1 atom stereocenters. The first-order chi connectivity index (χ1) is 13.7. The SMILES string of the molecule is CCOc1cc2c(cc1CNC(=NC)NCCCN(C)CC(F)(F)F)OC(C)C2.I. The highest BCUT2D eigenvalue weighted by atomic mass is 127. The third kappa shape index (κ3) is 8.75. The molecule has 1 aliphatic heterocycles. The highest BCUT2D eigenvalue weighted by Gasteiger charge is 2.28. The fourth-order valence-electron chi connectivity index (χ4n) is 3.25. The lowest BCUT2D eigenvalue weighted by molar-refractivity contribution is -0.143. The van der Waals surface area contributed by atoms with Gasteiger partial charge < -0.3 is 20.1 Å². The molecular weight excluding hydrogens is 512 g/mol. The number of rotatable bonds is 9. The summed E-state index contributed by atoms with van der Waals surface area (Å²) in [5.41, 5.74) is 2.11. The summed E-state index contributed by atoms with van der Waals surface area (Å²) in [7, 11) is 3.12. The van der Waals surface area contributed by atoms with Gasteiger partial charge in [-0.1, -0.05) is 0 Å². The van der Waals surface area contributed by atoms with E-state index in [1.54, 1.807) is 7.05 Å². The van der Waals surface area contributed by atoms with E-state index in [2.05, 4.69) is 15.6 Å². The first-order valence-corrected chi connectivity index (χ1v) is 9.87. The summed E-state index contributed by atoms with van der Waals surface area (Å²) in [6, 6.07) is 4.03. The minimum atomic E-state index is -4.17. The average Bonchev–Trinajstić information content (AvgIpc) is 2.98. The largest absolute Gasteiger partial charge is 0.494 e. The van der Waals surface area contributed by atoms with Gasteiger partial charge in [-0.15, -0.1) is 24.0 Å². The van der Waals surface area contributed by atoms with Gasteiger partial charge >= 0.3 is 6.18 Å². The molecule has 0 amide bonds. The molecule has 1 aromatic carbocycles. The van der Waals surface area contributed by atoms with Crippen LogP contribution >= 0.6 is 24.0 Å². The highest BCUT2D eigenvalue weighted by molar-refractivity contribution is 14.0. The second-order valence-corrected chi connectivity index (χ2v) is 7.19. The van der Waals surface area contributed by atoms with Crippen LogP contribution in [-0.2, 0) is 13.0 Å². The van der Waals surface area contributed by atoms with Crippen LogP contribution in [0.3, 0.4) is 0 Å². The molecule has 172 valence electrons. The molecular formula is C20H32F3IN4O2. The maximum absolute atomic E-state index is 12.3. The van der Waals surface area contributed by atoms with Gasteiger partial charge in [0.25, 0.3) is 0 Å². The second kappa shape index (κ2) is 12.4. The number of nitrogens with one attached hydrogen (secondary N) is 2. The molecule has 0 spiro atoms. The number of halogens is 4. The number of hydrogen-bond acceptors (Lipinski definition) is 4. The van der Waals surface area contributed by atoms with Crippen molar-refractivity contribution in [1.29, 1.82) is 0 Å². The van der Waals surface area contributed by atoms with E-state index in [-0.39, 0.29) is 30.1 Å². The Labute approximate surface area is 193 Å². The van der Waals surface area contributed by atoms with Crippen LogP contribution in [-0.4, -0.2) is 63.5 Å². The molecule has 0 saturated carbocycles. The summed E-state index contributed by atoms with van der Waals surface area (Å²) in [5, 5.41) is 6.35. The van der Waals surface area contributed by atoms with Crippen LogP contribution in [0.15, 0.2) is 17.1 Å². The van der Waals surface area contributed by atoms with E-state index in [1.807, 2.05) is 26.0 Å². The molecule has 0 radical (unpaired) electrons. The zero-order valence-electron chi connectivity index (χ0n) is 17.9. The molecule has 0 aromatic heterocycles. The number of benzene rings is 1. The third-order valence-corrected chi connectivity index (χ3v) is 4.51. The zero-order chi connectivity index (χ0) is 21.4. The van der Waals surface area contributed by atoms with E-state index >= 15 is 0 Å². The van der Waals surface area contributed by atoms with Crippen LogP contribution in [0.2, 0.25) is 0 Å². The van der Waals surface area contributed by atoms with E-state index in [1.165, 1.54) is 11.9 Å². The van der Waals surface area contributed by atoms with Crippen molar-refractivity contribution in [2.45, 2.75) is 45.5 Å². The summed E-state index contributed by atoms with van der Waals surface area (Å²) in [5.74, 6) is 2.29. The fourth-order valence-corrected chi connectivity index (χ4v) is 3.25. The van der Waals surface area contributed by atoms with Crippen LogP contribution in [0.4, 0.5) is 13.2 Å². The predicted molar refractivity (Wildman–Crippen MR) is 123 cm³/mol. The number of nitrogens with zero attached hydrogens (tertiary/aromatic N) is 2. The van der Waals surface area contributed by atoms with E-state index in [0.29, 0.717) is 38.6 Å². The first-order valence-electron chi connectivity index (χ1n) is 9.87. The van der Waals surface area contributed by atoms with E-state index in [4.69, 9.17) is 9.47 Å². The number of hydrogen-bond donors (Lipinski definition) is 2. The molecule has 0 bridgehead atoms. The maximum Gasteiger partial charge on any atom is 0.401 e. The molecule has 1 aliphatic rings. The standard InChI is InChI=1S/C20H31F3N4O2.HI/c1-5-28-17-10-15-9-14(2)29-18(15)11-16(17)12-26-19(24-3)25-7-6-8-27(4)13-20(21,22)23;/h10-11,14H,5-9,12-13H2,1-4H3,(H2,24,25,26);1H. The number of aliphatic imine (C=N–C) groups is 1. The van der Waals surface area contributed by atoms with Crippen molar-refractivity contribution in [2.75, 3.05) is 40.3 Å². The third-order valence-electron chi connectivity index (χ3n) is 4.51. The molecule has 2 N–H and O–H groups in total. The molecule has 30 heavy (non-hydrogen) atoms. The summed E-state index contributed by atoms with van der Waals surface area (Å²) in [4.78, 5) is 5.43. The van der Waals surface area contributed by atoms with Crippen molar-refractivity contribution in [3.63, 3.8) is 0 Å². The normalized spacial score (nSPS) is 16.0. The number of fused-ring (bicyclic) bond motifs is 1. The molecule has 0 fully saturated rings. The van der Waals surface area contributed by atoms with Crippen LogP contribution in [0.1, 0.15) is 31.4 Å². The minimum Gasteiger partial charge on any atom is -0.494 e. The second-order valence-electron chi connectivity index (χ2n) is 7.19. The molecule has 6 nitrogen and oxygen atoms in total. The van der Waals surface area contributed by atoms with Crippen LogP contribution < -0.4 is 20.1 Å². The number of guanidine groups is 1. The summed E-state index contributed by atoms with van der Waals surface area (Å²) < 4.78 is 48.6. The van der Waals surface area contributed by atoms with Gasteiger partial charge in [-0.05, 0) is 46.0 Å². The summed E-state index contributed by atoms with van der Waals surface area (Å²) >= 11 is 0. The highest BCUT2D eigenvalue weighted by Crippen LogP contribution is 2.35. The zero-order valence-corrected chi connectivity index (χ0v) is 20.3. The topological polar surface area (TPSA) is 58.1 Å². The van der Waals surface area contributed by atoms with Gasteiger partial charge in [0.2, 0.25) is 0 Å². The minimum absolute atomic E-state index is 0. The van der Waals surface area contributed by atoms with Gasteiger partial charge in [0, 0.05) is 37.7 Å². The Balaban J connectivity index is 0.00000450. The Bertz CT molecular complexity index is 701. The maximum atomic E-state index is 12.3. The van der Waals surface area contributed by atoms with E-state index in [0.717, 1.165) is 29.0 Å². The van der Waals surface area contributed by atoms with Gasteiger partial charge in [-0.2, -0.15) is 13.2 Å². The van der Waals surface area contributed by atoms with E-state index in [9.17, 15) is 13.2 Å². The van der Waals surface area contributed by atoms with Gasteiger partial charge in [0.1, 0.15) is 17.6 Å². The first kappa shape index (κ1) is 26.6. The van der Waals surface area contributed by atoms with Crippen molar-refractivity contribution in [3.05, 3.63) is 23.3 Å². The lowest BCUT2D eigenvalue weighted by Crippen LogP contribution is -2.39. The smallest absolute Gasteiger partial charge is 0.401 e. The number of ether oxygens (including phenoxy) is 2. The lowest BCUT2D eigenvalue weighted by Gasteiger charge is -2.19. The Kier molecular flexibility index (Phi) is 11.0. The number of alkyl halides is 3. The van der Waals surface area contributed by atoms with Crippen molar-refractivity contribution < 1.29 is 22.6 Å². The lowest BCUT2D eigenvalue weighted by atomic mass is 10.1. The molecule has 10 heteroatoms. The van der Waals surface area contributed by atoms with Crippen molar-refractivity contribution >= 4 is 29.9 Å². The van der Waals surface area contributed by atoms with E-state index < -0.39 is 12.7 Å². The van der Waals surface area contributed by atoms with Crippen molar-refractivity contribution in [3.8, 4) is 11.5 Å². The van der Waals surface area contributed by atoms with Gasteiger partial charge in [-0.25, -0.2) is 0 Å². The average molecular weight is 544 g/mol. The van der Waals surface area contributed by atoms with Crippen LogP contribution in [0, 0.1) is 0 Å². The molecule has 0 saturated heterocycles. The molecule has 0 aliphatic carbocycles. The molecule has 1 heterocycles. The van der Waals surface area contributed by atoms with Crippen LogP contribution in [0.25, 0.3) is 0 Å². The quantitative estimate of drug-likeness (QED) is 0.216. The molecule has 1 aromatic rings. The Hall–Kier alpha value is -1.43. The van der Waals surface area contributed by atoms with Crippen LogP contribution in [0.5, 0.6) is 11.5 Å².